The van der Waals surface area contributed by atoms with Gasteiger partial charge < -0.3 is 5.32 Å². The molecule has 1 aromatic carbocycles. The fourth-order valence-electron chi connectivity index (χ4n) is 1.81. The lowest BCUT2D eigenvalue weighted by Crippen LogP contribution is -2.02. The van der Waals surface area contributed by atoms with Crippen LogP contribution in [0.25, 0.3) is 0 Å². The second kappa shape index (κ2) is 3.36. The van der Waals surface area contributed by atoms with Gasteiger partial charge in [0.15, 0.2) is 0 Å². The molecule has 0 spiro atoms. The van der Waals surface area contributed by atoms with Gasteiger partial charge in [0.1, 0.15) is 0 Å². The zero-order chi connectivity index (χ0) is 9.26. The molecule has 1 atom stereocenters. The van der Waals surface area contributed by atoms with E-state index in [9.17, 15) is 4.39 Å². The van der Waals surface area contributed by atoms with E-state index < -0.39 is 0 Å². The highest BCUT2D eigenvalue weighted by Crippen LogP contribution is 2.32. The molecule has 1 N–H and O–H groups in total. The monoisotopic (exact) mass is 179 g/mol. The van der Waals surface area contributed by atoms with E-state index in [1.54, 1.807) is 0 Å². The van der Waals surface area contributed by atoms with Gasteiger partial charge in [-0.1, -0.05) is 19.1 Å². The Kier molecular flexibility index (Phi) is 2.21. The number of anilines is 1. The Morgan fingerprint density at radius 3 is 3.08 bits per heavy atom. The Morgan fingerprint density at radius 2 is 2.38 bits per heavy atom. The van der Waals surface area contributed by atoms with Gasteiger partial charge in [-0.3, -0.25) is 4.39 Å². The summed E-state index contributed by atoms with van der Waals surface area (Å²) in [7, 11) is 0. The Hall–Kier alpha value is -1.05. The lowest BCUT2D eigenvalue weighted by atomic mass is 10.0. The summed E-state index contributed by atoms with van der Waals surface area (Å²) in [5.41, 5.74) is 3.58. The first kappa shape index (κ1) is 8.54. The van der Waals surface area contributed by atoms with Crippen LogP contribution in [-0.4, -0.2) is 13.2 Å². The predicted octanol–water partition coefficient (Wildman–Crippen LogP) is 2.73. The third-order valence-corrected chi connectivity index (χ3v) is 2.69. The minimum Gasteiger partial charge on any atom is -0.384 e. The minimum atomic E-state index is -0.258. The van der Waals surface area contributed by atoms with Crippen molar-refractivity contribution in [3.05, 3.63) is 29.3 Å². The van der Waals surface area contributed by atoms with E-state index in [1.807, 2.05) is 0 Å². The van der Waals surface area contributed by atoms with Crippen LogP contribution < -0.4 is 5.32 Å². The summed E-state index contributed by atoms with van der Waals surface area (Å²) in [6, 6.07) is 6.28. The summed E-state index contributed by atoms with van der Waals surface area (Å²) < 4.78 is 12.5. The van der Waals surface area contributed by atoms with Crippen LogP contribution in [0.2, 0.25) is 0 Å². The summed E-state index contributed by atoms with van der Waals surface area (Å²) in [5, 5.41) is 3.24. The quantitative estimate of drug-likeness (QED) is 0.736. The first-order chi connectivity index (χ1) is 6.35. The van der Waals surface area contributed by atoms with Crippen LogP contribution in [0.1, 0.15) is 24.0 Å². The Morgan fingerprint density at radius 1 is 1.54 bits per heavy atom. The maximum Gasteiger partial charge on any atom is 0.0980 e. The molecule has 0 amide bonds. The molecule has 0 aromatic heterocycles. The van der Waals surface area contributed by atoms with Crippen molar-refractivity contribution in [2.24, 2.45) is 0 Å². The molecule has 1 unspecified atom stereocenters. The molecule has 2 rings (SSSR count). The summed E-state index contributed by atoms with van der Waals surface area (Å²) in [6.45, 7) is 2.62. The number of fused-ring (bicyclic) bond motifs is 1. The van der Waals surface area contributed by atoms with Crippen molar-refractivity contribution >= 4 is 5.69 Å². The second-order valence-corrected chi connectivity index (χ2v) is 3.51. The molecule has 13 heavy (non-hydrogen) atoms. The molecule has 2 heteroatoms. The van der Waals surface area contributed by atoms with Gasteiger partial charge >= 0.3 is 0 Å². The van der Waals surface area contributed by atoms with Crippen LogP contribution in [0.4, 0.5) is 10.1 Å². The largest absolute Gasteiger partial charge is 0.384 e. The molecular formula is C11H14FN. The van der Waals surface area contributed by atoms with Crippen molar-refractivity contribution < 1.29 is 4.39 Å². The van der Waals surface area contributed by atoms with Crippen LogP contribution in [0.5, 0.6) is 0 Å². The maximum atomic E-state index is 12.5. The smallest absolute Gasteiger partial charge is 0.0980 e. The summed E-state index contributed by atoms with van der Waals surface area (Å²) in [5.74, 6) is 0.0703. The van der Waals surface area contributed by atoms with Gasteiger partial charge in [0.05, 0.1) is 6.67 Å². The molecule has 1 aliphatic rings. The molecule has 1 aliphatic heterocycles. The molecule has 0 aliphatic carbocycles. The number of nitrogens with one attached hydrogen (secondary N) is 1. The third-order valence-electron chi connectivity index (χ3n) is 2.69. The molecule has 0 saturated carbocycles. The number of rotatable bonds is 2. The topological polar surface area (TPSA) is 12.0 Å². The van der Waals surface area contributed by atoms with Crippen molar-refractivity contribution in [3.63, 3.8) is 0 Å². The fourth-order valence-corrected chi connectivity index (χ4v) is 1.81. The molecule has 1 nitrogen and oxygen atoms in total. The Balaban J connectivity index is 2.34. The highest BCUT2D eigenvalue weighted by Gasteiger charge is 2.21. The minimum absolute atomic E-state index is 0.0703. The Bertz CT molecular complexity index is 309. The van der Waals surface area contributed by atoms with Crippen LogP contribution in [0, 0.1) is 0 Å². The van der Waals surface area contributed by atoms with Gasteiger partial charge in [0, 0.05) is 18.2 Å². The molecular weight excluding hydrogens is 165 g/mol. The number of aryl methyl sites for hydroxylation is 1. The summed E-state index contributed by atoms with van der Waals surface area (Å²) in [6.07, 6.45) is 1.04. The summed E-state index contributed by atoms with van der Waals surface area (Å²) >= 11 is 0. The van der Waals surface area contributed by atoms with Crippen molar-refractivity contribution in [1.29, 1.82) is 0 Å². The average Bonchev–Trinajstić information content (AvgIpc) is 2.59. The summed E-state index contributed by atoms with van der Waals surface area (Å²) in [4.78, 5) is 0. The van der Waals surface area contributed by atoms with E-state index in [2.05, 4.69) is 30.4 Å². The number of hydrogen-bond acceptors (Lipinski definition) is 1. The van der Waals surface area contributed by atoms with Gasteiger partial charge in [0.25, 0.3) is 0 Å². The van der Waals surface area contributed by atoms with Crippen molar-refractivity contribution in [3.8, 4) is 0 Å². The van der Waals surface area contributed by atoms with Crippen LogP contribution in [-0.2, 0) is 6.42 Å². The van der Waals surface area contributed by atoms with Crippen LogP contribution in [0.3, 0.4) is 0 Å². The standard InChI is InChI=1S/C11H14FN/c1-2-8-3-4-10-9(6-12)7-13-11(10)5-8/h3-5,9,13H,2,6-7H2,1H3. The van der Waals surface area contributed by atoms with E-state index in [1.165, 1.54) is 5.56 Å². The molecule has 0 fully saturated rings. The van der Waals surface area contributed by atoms with Crippen molar-refractivity contribution in [2.45, 2.75) is 19.3 Å². The van der Waals surface area contributed by atoms with Crippen molar-refractivity contribution in [2.75, 3.05) is 18.5 Å². The number of benzene rings is 1. The molecule has 1 heterocycles. The van der Waals surface area contributed by atoms with E-state index in [0.29, 0.717) is 0 Å². The SMILES string of the molecule is CCc1ccc2c(c1)NCC2CF. The van der Waals surface area contributed by atoms with Gasteiger partial charge in [-0.2, -0.15) is 0 Å². The zero-order valence-corrected chi connectivity index (χ0v) is 7.81. The molecule has 0 bridgehead atoms. The lowest BCUT2D eigenvalue weighted by Gasteiger charge is -2.04. The highest BCUT2D eigenvalue weighted by molar-refractivity contribution is 5.59. The molecule has 0 radical (unpaired) electrons. The van der Waals surface area contributed by atoms with Gasteiger partial charge in [0.2, 0.25) is 0 Å². The molecule has 0 saturated heterocycles. The van der Waals surface area contributed by atoms with E-state index in [0.717, 1.165) is 24.2 Å². The first-order valence-electron chi connectivity index (χ1n) is 4.77. The normalized spacial score (nSPS) is 19.7. The second-order valence-electron chi connectivity index (χ2n) is 3.51. The fraction of sp³-hybridized carbons (Fsp3) is 0.455. The van der Waals surface area contributed by atoms with Crippen LogP contribution in [0.15, 0.2) is 18.2 Å². The molecule has 70 valence electrons. The zero-order valence-electron chi connectivity index (χ0n) is 7.81. The van der Waals surface area contributed by atoms with Gasteiger partial charge in [-0.15, -0.1) is 0 Å². The number of alkyl halides is 1. The highest BCUT2D eigenvalue weighted by atomic mass is 19.1. The maximum absolute atomic E-state index is 12.5. The molecule has 1 aromatic rings. The predicted molar refractivity (Wildman–Crippen MR) is 53.0 cm³/mol. The van der Waals surface area contributed by atoms with Crippen molar-refractivity contribution in [1.82, 2.24) is 0 Å². The van der Waals surface area contributed by atoms with Gasteiger partial charge in [-0.05, 0) is 23.6 Å². The first-order valence-corrected chi connectivity index (χ1v) is 4.77. The average molecular weight is 179 g/mol. The third kappa shape index (κ3) is 1.41. The number of halogens is 1. The van der Waals surface area contributed by atoms with Crippen LogP contribution >= 0.6 is 0 Å². The van der Waals surface area contributed by atoms with E-state index in [4.69, 9.17) is 0 Å². The number of hydrogen-bond donors (Lipinski definition) is 1. The van der Waals surface area contributed by atoms with Gasteiger partial charge in [-0.25, -0.2) is 0 Å². The van der Waals surface area contributed by atoms with E-state index >= 15 is 0 Å². The Labute approximate surface area is 78.0 Å². The van der Waals surface area contributed by atoms with E-state index in [-0.39, 0.29) is 12.6 Å². The lowest BCUT2D eigenvalue weighted by molar-refractivity contribution is 0.447.